The van der Waals surface area contributed by atoms with Crippen molar-refractivity contribution in [1.29, 1.82) is 0 Å². The average molecular weight is 463 g/mol. The SMILES string of the molecule is C/C=C/CCCCCCCCCCCCCCCCCC1NC=C[N+]1(CC)C(C)NC(C)=O. The van der Waals surface area contributed by atoms with Crippen LogP contribution < -0.4 is 10.6 Å². The fourth-order valence-corrected chi connectivity index (χ4v) is 5.34. The highest BCUT2D eigenvalue weighted by Crippen LogP contribution is 2.26. The zero-order valence-corrected chi connectivity index (χ0v) is 22.5. The molecule has 0 saturated heterocycles. The molecule has 192 valence electrons. The molecule has 3 unspecified atom stereocenters. The Balaban J connectivity index is 1.94. The lowest BCUT2D eigenvalue weighted by molar-refractivity contribution is -0.923. The molecule has 0 radical (unpaired) electrons. The number of hydrogen-bond acceptors (Lipinski definition) is 2. The molecule has 1 rings (SSSR count). The van der Waals surface area contributed by atoms with Crippen LogP contribution in [0.4, 0.5) is 0 Å². The fourth-order valence-electron chi connectivity index (χ4n) is 5.34. The smallest absolute Gasteiger partial charge is 0.221 e. The van der Waals surface area contributed by atoms with E-state index in [2.05, 4.69) is 56.0 Å². The van der Waals surface area contributed by atoms with Crippen molar-refractivity contribution in [2.45, 2.75) is 149 Å². The lowest BCUT2D eigenvalue weighted by atomic mass is 10.0. The van der Waals surface area contributed by atoms with Crippen LogP contribution in [-0.2, 0) is 4.79 Å². The summed E-state index contributed by atoms with van der Waals surface area (Å²) in [5, 5.41) is 6.65. The topological polar surface area (TPSA) is 41.1 Å². The predicted octanol–water partition coefficient (Wildman–Crippen LogP) is 7.91. The van der Waals surface area contributed by atoms with E-state index >= 15 is 0 Å². The van der Waals surface area contributed by atoms with Crippen molar-refractivity contribution in [2.24, 2.45) is 0 Å². The maximum absolute atomic E-state index is 11.5. The van der Waals surface area contributed by atoms with Crippen molar-refractivity contribution in [3.8, 4) is 0 Å². The lowest BCUT2D eigenvalue weighted by Gasteiger charge is -2.41. The Morgan fingerprint density at radius 3 is 1.85 bits per heavy atom. The van der Waals surface area contributed by atoms with Gasteiger partial charge < -0.3 is 10.6 Å². The molecule has 1 aliphatic heterocycles. The van der Waals surface area contributed by atoms with Gasteiger partial charge in [-0.3, -0.25) is 9.28 Å². The zero-order chi connectivity index (χ0) is 24.2. The Labute approximate surface area is 206 Å². The van der Waals surface area contributed by atoms with Crippen LogP contribution in [0.5, 0.6) is 0 Å². The van der Waals surface area contributed by atoms with Crippen molar-refractivity contribution in [3.63, 3.8) is 0 Å². The van der Waals surface area contributed by atoms with E-state index in [9.17, 15) is 4.79 Å². The Bertz CT molecular complexity index is 545. The van der Waals surface area contributed by atoms with Crippen molar-refractivity contribution >= 4 is 5.91 Å². The van der Waals surface area contributed by atoms with Crippen molar-refractivity contribution in [2.75, 3.05) is 6.54 Å². The van der Waals surface area contributed by atoms with E-state index in [1.165, 1.54) is 109 Å². The maximum atomic E-state index is 11.5. The highest BCUT2D eigenvalue weighted by molar-refractivity contribution is 5.72. The third-order valence-electron chi connectivity index (χ3n) is 7.49. The van der Waals surface area contributed by atoms with Crippen molar-refractivity contribution in [1.82, 2.24) is 10.6 Å². The van der Waals surface area contributed by atoms with Crippen LogP contribution in [0.3, 0.4) is 0 Å². The summed E-state index contributed by atoms with van der Waals surface area (Å²) in [6.07, 6.45) is 32.7. The number of carbonyl (C=O) groups is 1. The Kier molecular flexibility index (Phi) is 17.2. The number of allylic oxidation sites excluding steroid dienone is 2. The van der Waals surface area contributed by atoms with Gasteiger partial charge in [0, 0.05) is 20.3 Å². The molecule has 1 heterocycles. The van der Waals surface area contributed by atoms with Gasteiger partial charge in [0.05, 0.1) is 12.7 Å². The molecule has 0 fully saturated rings. The van der Waals surface area contributed by atoms with Gasteiger partial charge in [0.25, 0.3) is 0 Å². The first-order valence-corrected chi connectivity index (χ1v) is 14.3. The van der Waals surface area contributed by atoms with Crippen LogP contribution >= 0.6 is 0 Å². The van der Waals surface area contributed by atoms with E-state index in [0.29, 0.717) is 6.17 Å². The highest BCUT2D eigenvalue weighted by atomic mass is 16.1. The number of amides is 1. The number of nitrogens with one attached hydrogen (secondary N) is 2. The van der Waals surface area contributed by atoms with Crippen LogP contribution in [0.25, 0.3) is 0 Å². The first kappa shape index (κ1) is 29.7. The quantitative estimate of drug-likeness (QED) is 0.103. The van der Waals surface area contributed by atoms with Crippen LogP contribution in [0.15, 0.2) is 24.6 Å². The number of rotatable bonds is 21. The molecule has 0 aromatic rings. The summed E-state index contributed by atoms with van der Waals surface area (Å²) in [5.74, 6) is 0.0544. The normalized spacial score (nSPS) is 20.9. The molecule has 3 atom stereocenters. The fraction of sp³-hybridized carbons (Fsp3) is 0.828. The van der Waals surface area contributed by atoms with Gasteiger partial charge in [-0.05, 0) is 33.1 Å². The molecule has 0 aliphatic carbocycles. The van der Waals surface area contributed by atoms with Crippen molar-refractivity contribution < 1.29 is 9.28 Å². The molecule has 0 spiro atoms. The summed E-state index contributed by atoms with van der Waals surface area (Å²) in [4.78, 5) is 11.5. The molecule has 0 aromatic carbocycles. The van der Waals surface area contributed by atoms with E-state index in [1.54, 1.807) is 6.92 Å². The maximum Gasteiger partial charge on any atom is 0.221 e. The summed E-state index contributed by atoms with van der Waals surface area (Å²) in [6, 6.07) is 0. The first-order chi connectivity index (χ1) is 16.1. The molecule has 33 heavy (non-hydrogen) atoms. The van der Waals surface area contributed by atoms with Gasteiger partial charge in [0.15, 0.2) is 12.3 Å². The molecule has 1 amide bonds. The highest BCUT2D eigenvalue weighted by Gasteiger charge is 2.41. The van der Waals surface area contributed by atoms with Gasteiger partial charge in [-0.15, -0.1) is 0 Å². The second-order valence-electron chi connectivity index (χ2n) is 10.1. The minimum absolute atomic E-state index is 0.0544. The van der Waals surface area contributed by atoms with Crippen molar-refractivity contribution in [3.05, 3.63) is 24.6 Å². The molecule has 4 heteroatoms. The standard InChI is InChI=1S/C29H55N3O/c1-5-7-8-9-10-11-12-13-14-15-16-17-18-19-20-21-22-23-24-29-30-25-26-32(29,6-2)27(3)31-28(4)33/h5,7,25-27,29-30H,6,8-24H2,1-4H3/p+1/b7-5+. The molecule has 0 aromatic heterocycles. The van der Waals surface area contributed by atoms with Crippen LogP contribution in [0, 0.1) is 0 Å². The molecular weight excluding hydrogens is 406 g/mol. The zero-order valence-electron chi connectivity index (χ0n) is 22.5. The number of carbonyl (C=O) groups excluding carboxylic acids is 1. The molecule has 0 bridgehead atoms. The average Bonchev–Trinajstić information content (AvgIpc) is 3.22. The van der Waals surface area contributed by atoms with Crippen LogP contribution in [-0.4, -0.2) is 29.3 Å². The second kappa shape index (κ2) is 19.1. The minimum Gasteiger partial charge on any atom is -0.338 e. The monoisotopic (exact) mass is 462 g/mol. The van der Waals surface area contributed by atoms with E-state index in [-0.39, 0.29) is 12.1 Å². The van der Waals surface area contributed by atoms with Gasteiger partial charge >= 0.3 is 0 Å². The summed E-state index contributed by atoms with van der Waals surface area (Å²) < 4.78 is 0.816. The number of quaternary nitrogens is 1. The summed E-state index contributed by atoms with van der Waals surface area (Å²) in [7, 11) is 0. The number of hydrogen-bond donors (Lipinski definition) is 2. The number of unbranched alkanes of at least 4 members (excludes halogenated alkanes) is 15. The van der Waals surface area contributed by atoms with Crippen LogP contribution in [0.2, 0.25) is 0 Å². The van der Waals surface area contributed by atoms with Gasteiger partial charge in [0.2, 0.25) is 5.91 Å². The summed E-state index contributed by atoms with van der Waals surface area (Å²) in [6.45, 7) is 9.06. The minimum atomic E-state index is 0.0544. The lowest BCUT2D eigenvalue weighted by Crippen LogP contribution is -2.62. The molecular formula is C29H56N3O+. The summed E-state index contributed by atoms with van der Waals surface area (Å²) >= 11 is 0. The Morgan fingerprint density at radius 2 is 1.39 bits per heavy atom. The molecule has 4 nitrogen and oxygen atoms in total. The largest absolute Gasteiger partial charge is 0.338 e. The first-order valence-electron chi connectivity index (χ1n) is 14.3. The molecule has 2 N–H and O–H groups in total. The summed E-state index contributed by atoms with van der Waals surface area (Å²) in [5.41, 5.74) is 0. The van der Waals surface area contributed by atoms with E-state index in [4.69, 9.17) is 0 Å². The Morgan fingerprint density at radius 1 is 0.909 bits per heavy atom. The van der Waals surface area contributed by atoms with E-state index in [0.717, 1.165) is 11.0 Å². The van der Waals surface area contributed by atoms with Gasteiger partial charge in [-0.25, -0.2) is 0 Å². The predicted molar refractivity (Wildman–Crippen MR) is 143 cm³/mol. The van der Waals surface area contributed by atoms with E-state index in [1.807, 2.05) is 0 Å². The van der Waals surface area contributed by atoms with Crippen LogP contribution in [0.1, 0.15) is 137 Å². The number of nitrogens with zero attached hydrogens (tertiary/aromatic N) is 1. The van der Waals surface area contributed by atoms with Gasteiger partial charge in [-0.1, -0.05) is 95.6 Å². The molecule has 0 saturated carbocycles. The third kappa shape index (κ3) is 12.7. The van der Waals surface area contributed by atoms with E-state index < -0.39 is 0 Å². The van der Waals surface area contributed by atoms with Gasteiger partial charge in [-0.2, -0.15) is 0 Å². The third-order valence-corrected chi connectivity index (χ3v) is 7.49. The second-order valence-corrected chi connectivity index (χ2v) is 10.1. The van der Waals surface area contributed by atoms with Gasteiger partial charge in [0.1, 0.15) is 6.20 Å². The molecule has 1 aliphatic rings. The Hall–Kier alpha value is -1.29.